The largest absolute Gasteiger partial charge is 0.350 e. The van der Waals surface area contributed by atoms with Gasteiger partial charge in [-0.3, -0.25) is 14.5 Å². The minimum absolute atomic E-state index is 0.230. The Morgan fingerprint density at radius 1 is 0.971 bits per heavy atom. The van der Waals surface area contributed by atoms with Gasteiger partial charge in [0.1, 0.15) is 6.04 Å². The van der Waals surface area contributed by atoms with Crippen molar-refractivity contribution >= 4 is 27.5 Å². The molecule has 0 radical (unpaired) electrons. The number of amides is 2. The maximum absolute atomic E-state index is 13.2. The van der Waals surface area contributed by atoms with E-state index in [1.54, 1.807) is 22.5 Å². The van der Waals surface area contributed by atoms with Crippen molar-refractivity contribution in [3.63, 3.8) is 0 Å². The van der Waals surface area contributed by atoms with Crippen LogP contribution in [0.1, 0.15) is 56.2 Å². The zero-order valence-electron chi connectivity index (χ0n) is 19.9. The summed E-state index contributed by atoms with van der Waals surface area (Å²) in [6.07, 6.45) is 5.07. The van der Waals surface area contributed by atoms with Crippen LogP contribution in [0, 0.1) is 0 Å². The third-order valence-corrected chi connectivity index (χ3v) is 8.67. The van der Waals surface area contributed by atoms with Gasteiger partial charge in [0.15, 0.2) is 0 Å². The average molecular weight is 484 g/mol. The van der Waals surface area contributed by atoms with Gasteiger partial charge in [-0.1, -0.05) is 44.0 Å². The number of nitrogens with one attached hydrogen (secondary N) is 1. The summed E-state index contributed by atoms with van der Waals surface area (Å²) in [5.41, 5.74) is 3.53. The minimum Gasteiger partial charge on any atom is -0.350 e. The number of sulfonamides is 1. The Balaban J connectivity index is 1.52. The fraction of sp³-hybridized carbons (Fsp3) is 0.462. The van der Waals surface area contributed by atoms with Gasteiger partial charge < -0.3 is 5.32 Å². The fourth-order valence-corrected chi connectivity index (χ4v) is 6.39. The molecule has 1 saturated heterocycles. The van der Waals surface area contributed by atoms with E-state index in [0.717, 1.165) is 37.7 Å². The summed E-state index contributed by atoms with van der Waals surface area (Å²) < 4.78 is 28.0. The van der Waals surface area contributed by atoms with Gasteiger partial charge in [-0.15, -0.1) is 0 Å². The van der Waals surface area contributed by atoms with Crippen LogP contribution in [0.2, 0.25) is 0 Å². The first-order valence-corrected chi connectivity index (χ1v) is 13.5. The van der Waals surface area contributed by atoms with E-state index in [4.69, 9.17) is 0 Å². The van der Waals surface area contributed by atoms with Crippen molar-refractivity contribution in [2.24, 2.45) is 0 Å². The van der Waals surface area contributed by atoms with E-state index in [9.17, 15) is 18.0 Å². The second-order valence-electron chi connectivity index (χ2n) is 9.11. The molecule has 2 amide bonds. The smallest absolute Gasteiger partial charge is 0.243 e. The van der Waals surface area contributed by atoms with Gasteiger partial charge >= 0.3 is 0 Å². The summed E-state index contributed by atoms with van der Waals surface area (Å²) >= 11 is 0. The highest BCUT2D eigenvalue weighted by molar-refractivity contribution is 7.89. The average Bonchev–Trinajstić information content (AvgIpc) is 3.00. The molecule has 0 aliphatic carbocycles. The van der Waals surface area contributed by atoms with Crippen LogP contribution in [-0.4, -0.2) is 43.7 Å². The van der Waals surface area contributed by atoms with Crippen LogP contribution in [0.3, 0.4) is 0 Å². The molecule has 2 heterocycles. The lowest BCUT2D eigenvalue weighted by Crippen LogP contribution is -2.47. The number of benzene rings is 2. The maximum Gasteiger partial charge on any atom is 0.243 e. The lowest BCUT2D eigenvalue weighted by atomic mass is 10.1. The van der Waals surface area contributed by atoms with Gasteiger partial charge in [0.25, 0.3) is 0 Å². The maximum atomic E-state index is 13.2. The summed E-state index contributed by atoms with van der Waals surface area (Å²) in [6, 6.07) is 12.2. The molecular formula is C26H33N3O4S. The Morgan fingerprint density at radius 3 is 2.24 bits per heavy atom. The Morgan fingerprint density at radius 2 is 1.62 bits per heavy atom. The number of carbonyl (C=O) groups is 2. The summed E-state index contributed by atoms with van der Waals surface area (Å²) in [6.45, 7) is 4.96. The zero-order valence-corrected chi connectivity index (χ0v) is 20.7. The monoisotopic (exact) mass is 483 g/mol. The van der Waals surface area contributed by atoms with Gasteiger partial charge in [0.2, 0.25) is 21.8 Å². The summed E-state index contributed by atoms with van der Waals surface area (Å²) in [5.74, 6) is -0.489. The van der Waals surface area contributed by atoms with Gasteiger partial charge in [-0.2, -0.15) is 4.31 Å². The molecule has 182 valence electrons. The highest BCUT2D eigenvalue weighted by Crippen LogP contribution is 2.35. The van der Waals surface area contributed by atoms with Crippen LogP contribution in [0.5, 0.6) is 0 Å². The number of fused-ring (bicyclic) bond motifs is 1. The standard InChI is InChI=1S/C26H33N3O4S/c1-3-20-8-10-21(11-9-20)18-27-26(31)25-17-22-16-23(12-13-24(22)29(25)19(2)30)34(32,33)28-14-6-4-5-7-15-28/h8-13,16,25H,3-7,14-15,17-18H2,1-2H3,(H,27,31). The molecule has 2 aromatic carbocycles. The van der Waals surface area contributed by atoms with E-state index in [0.29, 0.717) is 37.3 Å². The predicted octanol–water partition coefficient (Wildman–Crippen LogP) is 3.41. The molecule has 8 heteroatoms. The van der Waals surface area contributed by atoms with E-state index in [2.05, 4.69) is 12.2 Å². The fourth-order valence-electron chi connectivity index (χ4n) is 4.82. The molecule has 0 bridgehead atoms. The summed E-state index contributed by atoms with van der Waals surface area (Å²) in [4.78, 5) is 27.2. The van der Waals surface area contributed by atoms with E-state index < -0.39 is 16.1 Å². The molecule has 0 aromatic heterocycles. The summed E-state index contributed by atoms with van der Waals surface area (Å²) in [5, 5.41) is 2.94. The van der Waals surface area contributed by atoms with Crippen molar-refractivity contribution in [3.05, 3.63) is 59.2 Å². The van der Waals surface area contributed by atoms with Crippen LogP contribution < -0.4 is 10.2 Å². The molecule has 2 aliphatic heterocycles. The second-order valence-corrected chi connectivity index (χ2v) is 11.0. The van der Waals surface area contributed by atoms with Crippen molar-refractivity contribution in [2.75, 3.05) is 18.0 Å². The van der Waals surface area contributed by atoms with Crippen molar-refractivity contribution in [3.8, 4) is 0 Å². The zero-order chi connectivity index (χ0) is 24.3. The van der Waals surface area contributed by atoms with Crippen molar-refractivity contribution in [1.82, 2.24) is 9.62 Å². The third kappa shape index (κ3) is 5.03. The summed E-state index contributed by atoms with van der Waals surface area (Å²) in [7, 11) is -3.61. The lowest BCUT2D eigenvalue weighted by Gasteiger charge is -2.24. The molecule has 1 atom stereocenters. The van der Waals surface area contributed by atoms with Crippen LogP contribution >= 0.6 is 0 Å². The Kier molecular flexibility index (Phi) is 7.38. The Labute approximate surface area is 202 Å². The van der Waals surface area contributed by atoms with Gasteiger partial charge in [-0.05, 0) is 54.2 Å². The number of hydrogen-bond donors (Lipinski definition) is 1. The van der Waals surface area contributed by atoms with Crippen molar-refractivity contribution < 1.29 is 18.0 Å². The first-order valence-electron chi connectivity index (χ1n) is 12.1. The van der Waals surface area contributed by atoms with E-state index in [1.807, 2.05) is 24.3 Å². The molecule has 34 heavy (non-hydrogen) atoms. The number of aryl methyl sites for hydroxylation is 1. The van der Waals surface area contributed by atoms with Crippen LogP contribution in [0.25, 0.3) is 0 Å². The first-order chi connectivity index (χ1) is 16.3. The molecule has 2 aliphatic rings. The molecule has 0 spiro atoms. The first kappa shape index (κ1) is 24.4. The topological polar surface area (TPSA) is 86.8 Å². The van der Waals surface area contributed by atoms with Crippen LogP contribution in [-0.2, 0) is 39.0 Å². The predicted molar refractivity (Wildman–Crippen MR) is 132 cm³/mol. The van der Waals surface area contributed by atoms with E-state index in [1.165, 1.54) is 17.4 Å². The van der Waals surface area contributed by atoms with Crippen molar-refractivity contribution in [1.29, 1.82) is 0 Å². The van der Waals surface area contributed by atoms with Gasteiger partial charge in [0, 0.05) is 38.7 Å². The van der Waals surface area contributed by atoms with E-state index >= 15 is 0 Å². The molecule has 1 unspecified atom stereocenters. The Hall–Kier alpha value is -2.71. The molecule has 7 nitrogen and oxygen atoms in total. The number of carbonyl (C=O) groups excluding carboxylic acids is 2. The molecular weight excluding hydrogens is 450 g/mol. The van der Waals surface area contributed by atoms with Crippen LogP contribution in [0.15, 0.2) is 47.4 Å². The minimum atomic E-state index is -3.61. The molecule has 4 rings (SSSR count). The van der Waals surface area contributed by atoms with Crippen molar-refractivity contribution in [2.45, 2.75) is 69.9 Å². The van der Waals surface area contributed by atoms with Gasteiger partial charge in [-0.25, -0.2) is 8.42 Å². The molecule has 2 aromatic rings. The van der Waals surface area contributed by atoms with E-state index in [-0.39, 0.29) is 16.7 Å². The number of rotatable bonds is 6. The third-order valence-electron chi connectivity index (χ3n) is 6.78. The quantitative estimate of drug-likeness (QED) is 0.682. The normalized spacial score (nSPS) is 18.9. The highest BCUT2D eigenvalue weighted by Gasteiger charge is 2.38. The molecule has 1 fully saturated rings. The SMILES string of the molecule is CCc1ccc(CNC(=O)C2Cc3cc(S(=O)(=O)N4CCCCCC4)ccc3N2C(C)=O)cc1. The lowest BCUT2D eigenvalue weighted by molar-refractivity contribution is -0.125. The Bertz CT molecular complexity index is 1150. The number of nitrogens with zero attached hydrogens (tertiary/aromatic N) is 2. The number of anilines is 1. The highest BCUT2D eigenvalue weighted by atomic mass is 32.2. The van der Waals surface area contributed by atoms with Gasteiger partial charge in [0.05, 0.1) is 4.90 Å². The number of hydrogen-bond acceptors (Lipinski definition) is 4. The van der Waals surface area contributed by atoms with Crippen LogP contribution in [0.4, 0.5) is 5.69 Å². The molecule has 1 N–H and O–H groups in total. The molecule has 0 saturated carbocycles. The second kappa shape index (κ2) is 10.3.